The van der Waals surface area contributed by atoms with Gasteiger partial charge in [-0.1, -0.05) is 23.7 Å². The van der Waals surface area contributed by atoms with E-state index in [9.17, 15) is 14.4 Å². The molecule has 0 saturated heterocycles. The van der Waals surface area contributed by atoms with Crippen LogP contribution >= 0.6 is 22.9 Å². The minimum atomic E-state index is -0.547. The largest absolute Gasteiger partial charge is 0.467 e. The van der Waals surface area contributed by atoms with Crippen LogP contribution in [0.15, 0.2) is 41.2 Å². The quantitative estimate of drug-likeness (QED) is 0.465. The first-order chi connectivity index (χ1) is 16.9. The van der Waals surface area contributed by atoms with E-state index in [2.05, 4.69) is 0 Å². The highest BCUT2D eigenvalue weighted by molar-refractivity contribution is 7.07. The van der Waals surface area contributed by atoms with Gasteiger partial charge in [-0.05, 0) is 42.8 Å². The summed E-state index contributed by atoms with van der Waals surface area (Å²) >= 11 is 7.45. The van der Waals surface area contributed by atoms with Crippen molar-refractivity contribution in [2.24, 2.45) is 0 Å². The van der Waals surface area contributed by atoms with Crippen molar-refractivity contribution in [2.75, 3.05) is 20.5 Å². The number of methoxy groups -OCH3 is 1. The number of nitrogens with zero attached hydrogens (tertiary/aromatic N) is 1. The van der Waals surface area contributed by atoms with Gasteiger partial charge < -0.3 is 18.9 Å². The number of thiazole rings is 1. The molecule has 0 bridgehead atoms. The summed E-state index contributed by atoms with van der Waals surface area (Å²) < 4.78 is 23.1. The van der Waals surface area contributed by atoms with Crippen LogP contribution < -0.4 is 19.5 Å². The maximum absolute atomic E-state index is 13.4. The van der Waals surface area contributed by atoms with Gasteiger partial charge >= 0.3 is 11.9 Å². The van der Waals surface area contributed by atoms with Gasteiger partial charge in [0.05, 0.1) is 43.0 Å². The van der Waals surface area contributed by atoms with E-state index < -0.39 is 11.9 Å². The lowest BCUT2D eigenvalue weighted by Gasteiger charge is -2.21. The summed E-state index contributed by atoms with van der Waals surface area (Å²) in [5, 5.41) is 0.490. The average Bonchev–Trinajstić information content (AvgIpc) is 3.12. The second kappa shape index (κ2) is 10.9. The molecule has 0 spiro atoms. The van der Waals surface area contributed by atoms with Crippen LogP contribution in [0.25, 0.3) is 12.2 Å². The lowest BCUT2D eigenvalue weighted by Crippen LogP contribution is -2.32. The Morgan fingerprint density at radius 2 is 2.00 bits per heavy atom. The minimum Gasteiger partial charge on any atom is -0.467 e. The van der Waals surface area contributed by atoms with Crippen LogP contribution in [0.5, 0.6) is 5.75 Å². The van der Waals surface area contributed by atoms with Crippen LogP contribution in [-0.2, 0) is 32.2 Å². The number of carbonyl (C=O) groups excluding carboxylic acids is 2. The Balaban J connectivity index is 1.81. The number of hydrogen-bond donors (Lipinski definition) is 0. The zero-order valence-electron chi connectivity index (χ0n) is 19.0. The van der Waals surface area contributed by atoms with Gasteiger partial charge in [-0.15, -0.1) is 11.3 Å². The third kappa shape index (κ3) is 5.64. The molecule has 10 heteroatoms. The van der Waals surface area contributed by atoms with Crippen molar-refractivity contribution >= 4 is 47.0 Å². The number of halogens is 1. The molecule has 0 unspecified atom stereocenters. The second-order valence-corrected chi connectivity index (χ2v) is 9.01. The molecule has 3 aromatic rings. The standard InChI is InChI=1S/C25H22ClNO7S/c1-3-33-22(28)11-21-27(12-17-9-19(26)10-18-13-32-14-34-23(17)18)24(29)20(35-21)8-15-4-6-16(7-5-15)25(30)31-2/h4-11H,3,12-14H2,1-2H3/b20-8+,21-11-. The molecule has 0 amide bonds. The fourth-order valence-electron chi connectivity index (χ4n) is 3.61. The van der Waals surface area contributed by atoms with Crippen LogP contribution in [0.3, 0.4) is 0 Å². The van der Waals surface area contributed by atoms with Crippen molar-refractivity contribution in [3.63, 3.8) is 0 Å². The SMILES string of the molecule is CCOC(=O)/C=c1\s/c(=C/c2ccc(C(=O)OC)cc2)c(=O)n1Cc1cc(Cl)cc2c1OCOC2. The molecule has 2 aromatic carbocycles. The summed E-state index contributed by atoms with van der Waals surface area (Å²) in [6, 6.07) is 10.2. The Morgan fingerprint density at radius 1 is 1.23 bits per heavy atom. The molecule has 0 aliphatic carbocycles. The van der Waals surface area contributed by atoms with Crippen molar-refractivity contribution in [3.05, 3.63) is 83.2 Å². The van der Waals surface area contributed by atoms with Gasteiger partial charge in [0.2, 0.25) is 0 Å². The number of aromatic nitrogens is 1. The number of ether oxygens (including phenoxy) is 4. The Labute approximate surface area is 209 Å². The summed E-state index contributed by atoms with van der Waals surface area (Å²) in [6.07, 6.45) is 3.00. The predicted molar refractivity (Wildman–Crippen MR) is 131 cm³/mol. The normalized spacial score (nSPS) is 13.8. The summed E-state index contributed by atoms with van der Waals surface area (Å²) in [7, 11) is 1.31. The summed E-state index contributed by atoms with van der Waals surface area (Å²) in [5.41, 5.74) is 2.31. The summed E-state index contributed by atoms with van der Waals surface area (Å²) in [6.45, 7) is 2.51. The molecule has 1 aliphatic heterocycles. The molecule has 1 aromatic heterocycles. The zero-order valence-corrected chi connectivity index (χ0v) is 20.6. The number of rotatable bonds is 6. The van der Waals surface area contributed by atoms with Gasteiger partial charge in [0.1, 0.15) is 10.4 Å². The Morgan fingerprint density at radius 3 is 2.71 bits per heavy atom. The van der Waals surface area contributed by atoms with Crippen molar-refractivity contribution < 1.29 is 28.5 Å². The number of esters is 2. The van der Waals surface area contributed by atoms with E-state index in [-0.39, 0.29) is 25.5 Å². The molecule has 0 N–H and O–H groups in total. The first-order valence-corrected chi connectivity index (χ1v) is 11.9. The third-order valence-corrected chi connectivity index (χ3v) is 6.45. The monoisotopic (exact) mass is 515 g/mol. The molecule has 182 valence electrons. The average molecular weight is 516 g/mol. The number of benzene rings is 2. The number of carbonyl (C=O) groups is 2. The molecular formula is C25H22ClNO7S. The minimum absolute atomic E-state index is 0.0998. The Hall–Kier alpha value is -3.40. The van der Waals surface area contributed by atoms with Crippen LogP contribution in [0.4, 0.5) is 0 Å². The first-order valence-electron chi connectivity index (χ1n) is 10.7. The van der Waals surface area contributed by atoms with Crippen molar-refractivity contribution in [2.45, 2.75) is 20.1 Å². The summed E-state index contributed by atoms with van der Waals surface area (Å²) in [5.74, 6) is -0.377. The molecular weight excluding hydrogens is 494 g/mol. The van der Waals surface area contributed by atoms with Crippen molar-refractivity contribution in [1.82, 2.24) is 4.57 Å². The molecule has 2 heterocycles. The number of hydrogen-bond acceptors (Lipinski definition) is 8. The highest BCUT2D eigenvalue weighted by Crippen LogP contribution is 2.31. The molecule has 0 atom stereocenters. The van der Waals surface area contributed by atoms with Crippen LogP contribution in [-0.4, -0.2) is 37.0 Å². The van der Waals surface area contributed by atoms with E-state index >= 15 is 0 Å². The van der Waals surface area contributed by atoms with E-state index in [4.69, 9.17) is 30.5 Å². The van der Waals surface area contributed by atoms with Crippen molar-refractivity contribution in [3.8, 4) is 5.75 Å². The van der Waals surface area contributed by atoms with Gasteiger partial charge in [0.15, 0.2) is 6.79 Å². The van der Waals surface area contributed by atoms with E-state index in [0.29, 0.717) is 43.3 Å². The maximum Gasteiger partial charge on any atom is 0.337 e. The van der Waals surface area contributed by atoms with E-state index in [1.807, 2.05) is 0 Å². The van der Waals surface area contributed by atoms with Gasteiger partial charge in [0, 0.05) is 16.1 Å². The molecule has 8 nitrogen and oxygen atoms in total. The van der Waals surface area contributed by atoms with Crippen LogP contribution in [0.1, 0.15) is 34.0 Å². The van der Waals surface area contributed by atoms with Gasteiger partial charge in [0.25, 0.3) is 5.56 Å². The molecule has 35 heavy (non-hydrogen) atoms. The molecule has 1 aliphatic rings. The van der Waals surface area contributed by atoms with Crippen LogP contribution in [0.2, 0.25) is 5.02 Å². The van der Waals surface area contributed by atoms with E-state index in [1.165, 1.54) is 17.8 Å². The highest BCUT2D eigenvalue weighted by atomic mass is 35.5. The van der Waals surface area contributed by atoms with Gasteiger partial charge in [-0.2, -0.15) is 0 Å². The van der Waals surface area contributed by atoms with Crippen LogP contribution in [0, 0.1) is 0 Å². The highest BCUT2D eigenvalue weighted by Gasteiger charge is 2.18. The van der Waals surface area contributed by atoms with Gasteiger partial charge in [-0.3, -0.25) is 9.36 Å². The molecule has 0 fully saturated rings. The first kappa shape index (κ1) is 24.7. The molecule has 0 radical (unpaired) electrons. The van der Waals surface area contributed by atoms with Crippen molar-refractivity contribution in [1.29, 1.82) is 0 Å². The fraction of sp³-hybridized carbons (Fsp3) is 0.240. The lowest BCUT2D eigenvalue weighted by molar-refractivity contribution is -0.135. The maximum atomic E-state index is 13.4. The topological polar surface area (TPSA) is 93.1 Å². The summed E-state index contributed by atoms with van der Waals surface area (Å²) in [4.78, 5) is 37.3. The number of fused-ring (bicyclic) bond motifs is 1. The molecule has 0 saturated carbocycles. The smallest absolute Gasteiger partial charge is 0.337 e. The van der Waals surface area contributed by atoms with E-state index in [1.54, 1.807) is 49.4 Å². The second-order valence-electron chi connectivity index (χ2n) is 7.51. The third-order valence-electron chi connectivity index (χ3n) is 5.17. The predicted octanol–water partition coefficient (Wildman–Crippen LogP) is 2.44. The van der Waals surface area contributed by atoms with E-state index in [0.717, 1.165) is 16.9 Å². The lowest BCUT2D eigenvalue weighted by atomic mass is 10.1. The zero-order chi connectivity index (χ0) is 24.9. The Kier molecular flexibility index (Phi) is 7.70. The Bertz CT molecular complexity index is 1440. The molecule has 4 rings (SSSR count). The fourth-order valence-corrected chi connectivity index (χ4v) is 4.90. The van der Waals surface area contributed by atoms with Gasteiger partial charge in [-0.25, -0.2) is 9.59 Å².